The Bertz CT molecular complexity index is 802. The molecule has 0 spiro atoms. The number of carbonyl (C=O) groups is 2. The van der Waals surface area contributed by atoms with E-state index in [0.717, 1.165) is 17.7 Å². The lowest BCUT2D eigenvalue weighted by atomic mass is 10.1. The molecule has 0 bridgehead atoms. The molecule has 0 radical (unpaired) electrons. The monoisotopic (exact) mass is 395 g/mol. The van der Waals surface area contributed by atoms with Crippen molar-refractivity contribution in [1.29, 1.82) is 0 Å². The van der Waals surface area contributed by atoms with E-state index < -0.39 is 23.1 Å². The first-order valence-corrected chi connectivity index (χ1v) is 8.31. The molecular weight excluding hydrogens is 376 g/mol. The van der Waals surface area contributed by atoms with Crippen molar-refractivity contribution in [2.24, 2.45) is 0 Å². The molecule has 27 heavy (non-hydrogen) atoms. The van der Waals surface area contributed by atoms with Crippen LogP contribution < -0.4 is 5.73 Å². The van der Waals surface area contributed by atoms with E-state index in [1.807, 2.05) is 0 Å². The van der Waals surface area contributed by atoms with E-state index in [1.165, 1.54) is 11.0 Å². The number of hydrogen-bond acceptors (Lipinski definition) is 3. The highest BCUT2D eigenvalue weighted by molar-refractivity contribution is 5.95. The first kappa shape index (κ1) is 20.6. The van der Waals surface area contributed by atoms with E-state index in [0.29, 0.717) is 18.8 Å². The Morgan fingerprint density at radius 1 is 0.889 bits per heavy atom. The van der Waals surface area contributed by atoms with Gasteiger partial charge in [-0.2, -0.15) is 0 Å². The summed E-state index contributed by atoms with van der Waals surface area (Å²) in [6.07, 6.45) is 0.246. The second-order valence-electron chi connectivity index (χ2n) is 6.19. The van der Waals surface area contributed by atoms with Crippen LogP contribution in [0.25, 0.3) is 0 Å². The summed E-state index contributed by atoms with van der Waals surface area (Å²) in [5, 5.41) is 0. The first-order chi connectivity index (χ1) is 12.5. The molecule has 2 aromatic carbocycles. The third kappa shape index (κ3) is 4.74. The maximum atomic E-state index is 13.8. The lowest BCUT2D eigenvalue weighted by Crippen LogP contribution is -2.51. The van der Waals surface area contributed by atoms with Gasteiger partial charge in [-0.15, -0.1) is 12.4 Å². The molecule has 0 aliphatic carbocycles. The molecule has 1 aliphatic rings. The number of hydrogen-bond donors (Lipinski definition) is 1. The van der Waals surface area contributed by atoms with Crippen molar-refractivity contribution in [1.82, 2.24) is 9.80 Å². The number of carbonyl (C=O) groups excluding carboxylic acids is 2. The minimum atomic E-state index is -0.878. The molecule has 1 aliphatic heterocycles. The first-order valence-electron chi connectivity index (χ1n) is 8.31. The summed E-state index contributed by atoms with van der Waals surface area (Å²) in [5.41, 5.74) is 6.57. The number of nitrogen functional groups attached to an aromatic ring is 1. The molecular formula is C19H20ClF2N3O2. The second-order valence-corrected chi connectivity index (χ2v) is 6.19. The van der Waals surface area contributed by atoms with Gasteiger partial charge in [-0.25, -0.2) is 8.78 Å². The lowest BCUT2D eigenvalue weighted by Gasteiger charge is -2.35. The van der Waals surface area contributed by atoms with Crippen LogP contribution in [0.4, 0.5) is 14.5 Å². The largest absolute Gasteiger partial charge is 0.399 e. The molecule has 2 amide bonds. The maximum Gasteiger partial charge on any atom is 0.259 e. The normalized spacial score (nSPS) is 13.9. The van der Waals surface area contributed by atoms with Crippen LogP contribution in [-0.4, -0.2) is 47.8 Å². The Balaban J connectivity index is 0.00000261. The number of amides is 2. The fourth-order valence-electron chi connectivity index (χ4n) is 2.94. The second kappa shape index (κ2) is 8.81. The molecule has 1 heterocycles. The summed E-state index contributed by atoms with van der Waals surface area (Å²) < 4.78 is 27.5. The van der Waals surface area contributed by atoms with Gasteiger partial charge in [0, 0.05) is 31.9 Å². The molecule has 0 aromatic heterocycles. The Morgan fingerprint density at radius 2 is 1.41 bits per heavy atom. The third-order valence-corrected chi connectivity index (χ3v) is 4.43. The fourth-order valence-corrected chi connectivity index (χ4v) is 2.94. The SMILES string of the molecule is Cl.Nc1ccc(CC(=O)N2CCN(C(=O)c3c(F)cccc3F)CC2)cc1. The molecule has 0 unspecified atom stereocenters. The number of anilines is 1. The van der Waals surface area contributed by atoms with E-state index in [-0.39, 0.29) is 37.8 Å². The molecule has 0 atom stereocenters. The number of rotatable bonds is 3. The summed E-state index contributed by atoms with van der Waals surface area (Å²) in [7, 11) is 0. The molecule has 2 N–H and O–H groups in total. The summed E-state index contributed by atoms with van der Waals surface area (Å²) in [5.74, 6) is -2.50. The zero-order valence-electron chi connectivity index (χ0n) is 14.5. The third-order valence-electron chi connectivity index (χ3n) is 4.43. The standard InChI is InChI=1S/C19H19F2N3O2.ClH/c20-15-2-1-3-16(21)18(15)19(26)24-10-8-23(9-11-24)17(25)12-13-4-6-14(22)7-5-13;/h1-7H,8-12,22H2;1H. The number of halogens is 3. The summed E-state index contributed by atoms with van der Waals surface area (Å²) in [6, 6.07) is 10.4. The molecule has 0 saturated carbocycles. The highest BCUT2D eigenvalue weighted by Crippen LogP contribution is 2.16. The van der Waals surface area contributed by atoms with Crippen molar-refractivity contribution in [3.8, 4) is 0 Å². The van der Waals surface area contributed by atoms with Crippen LogP contribution in [-0.2, 0) is 11.2 Å². The van der Waals surface area contributed by atoms with Crippen molar-refractivity contribution in [2.75, 3.05) is 31.9 Å². The molecule has 8 heteroatoms. The van der Waals surface area contributed by atoms with Crippen molar-refractivity contribution >= 4 is 29.9 Å². The predicted octanol–water partition coefficient (Wildman–Crippen LogP) is 2.50. The van der Waals surface area contributed by atoms with Gasteiger partial charge in [0.15, 0.2) is 0 Å². The zero-order valence-corrected chi connectivity index (χ0v) is 15.3. The van der Waals surface area contributed by atoms with Gasteiger partial charge < -0.3 is 15.5 Å². The Labute approximate surface area is 162 Å². The summed E-state index contributed by atoms with van der Waals surface area (Å²) >= 11 is 0. The van der Waals surface area contributed by atoms with Gasteiger partial charge >= 0.3 is 0 Å². The van der Waals surface area contributed by atoms with Crippen molar-refractivity contribution < 1.29 is 18.4 Å². The highest BCUT2D eigenvalue weighted by atomic mass is 35.5. The highest BCUT2D eigenvalue weighted by Gasteiger charge is 2.28. The van der Waals surface area contributed by atoms with E-state index in [2.05, 4.69) is 0 Å². The van der Waals surface area contributed by atoms with Crippen LogP contribution in [0.2, 0.25) is 0 Å². The van der Waals surface area contributed by atoms with E-state index in [4.69, 9.17) is 5.73 Å². The molecule has 144 valence electrons. The van der Waals surface area contributed by atoms with E-state index >= 15 is 0 Å². The van der Waals surface area contributed by atoms with Gasteiger partial charge in [0.2, 0.25) is 5.91 Å². The molecule has 3 rings (SSSR count). The Hall–Kier alpha value is -2.67. The minimum Gasteiger partial charge on any atom is -0.399 e. The quantitative estimate of drug-likeness (QED) is 0.812. The van der Waals surface area contributed by atoms with Crippen molar-refractivity contribution in [3.05, 3.63) is 65.2 Å². The molecule has 2 aromatic rings. The Kier molecular flexibility index (Phi) is 6.74. The van der Waals surface area contributed by atoms with Gasteiger partial charge in [0.1, 0.15) is 17.2 Å². The number of nitrogens with two attached hydrogens (primary N) is 1. The van der Waals surface area contributed by atoms with Gasteiger partial charge in [0.25, 0.3) is 5.91 Å². The molecule has 1 saturated heterocycles. The average Bonchev–Trinajstić information content (AvgIpc) is 2.63. The van der Waals surface area contributed by atoms with Gasteiger partial charge in [-0.05, 0) is 29.8 Å². The number of nitrogens with zero attached hydrogens (tertiary/aromatic N) is 2. The van der Waals surface area contributed by atoms with Crippen molar-refractivity contribution in [2.45, 2.75) is 6.42 Å². The predicted molar refractivity (Wildman–Crippen MR) is 101 cm³/mol. The zero-order chi connectivity index (χ0) is 18.7. The maximum absolute atomic E-state index is 13.8. The van der Waals surface area contributed by atoms with Crippen LogP contribution in [0, 0.1) is 11.6 Å². The van der Waals surface area contributed by atoms with Gasteiger partial charge in [-0.1, -0.05) is 18.2 Å². The van der Waals surface area contributed by atoms with Crippen LogP contribution in [0.1, 0.15) is 15.9 Å². The lowest BCUT2D eigenvalue weighted by molar-refractivity contribution is -0.131. The Morgan fingerprint density at radius 3 is 1.96 bits per heavy atom. The van der Waals surface area contributed by atoms with Crippen LogP contribution >= 0.6 is 12.4 Å². The number of piperazine rings is 1. The fraction of sp³-hybridized carbons (Fsp3) is 0.263. The van der Waals surface area contributed by atoms with Crippen LogP contribution in [0.3, 0.4) is 0 Å². The van der Waals surface area contributed by atoms with Gasteiger partial charge in [0.05, 0.1) is 6.42 Å². The van der Waals surface area contributed by atoms with Gasteiger partial charge in [-0.3, -0.25) is 9.59 Å². The van der Waals surface area contributed by atoms with E-state index in [1.54, 1.807) is 29.2 Å². The minimum absolute atomic E-state index is 0. The number of benzene rings is 2. The molecule has 1 fully saturated rings. The average molecular weight is 396 g/mol. The van der Waals surface area contributed by atoms with E-state index in [9.17, 15) is 18.4 Å². The smallest absolute Gasteiger partial charge is 0.259 e. The van der Waals surface area contributed by atoms with Crippen LogP contribution in [0.5, 0.6) is 0 Å². The van der Waals surface area contributed by atoms with Crippen LogP contribution in [0.15, 0.2) is 42.5 Å². The van der Waals surface area contributed by atoms with Crippen molar-refractivity contribution in [3.63, 3.8) is 0 Å². The summed E-state index contributed by atoms with van der Waals surface area (Å²) in [6.45, 7) is 1.13. The molecule has 5 nitrogen and oxygen atoms in total. The summed E-state index contributed by atoms with van der Waals surface area (Å²) in [4.78, 5) is 27.8. The topological polar surface area (TPSA) is 66.6 Å².